The molecule has 0 aliphatic heterocycles. The van der Waals surface area contributed by atoms with Gasteiger partial charge in [-0.15, -0.1) is 0 Å². The lowest BCUT2D eigenvalue weighted by Crippen LogP contribution is -2.38. The van der Waals surface area contributed by atoms with Crippen LogP contribution >= 0.6 is 0 Å². The monoisotopic (exact) mass is 246 g/mol. The number of hydrogen-bond acceptors (Lipinski definition) is 2. The highest BCUT2D eigenvalue weighted by atomic mass is 16.1. The Morgan fingerprint density at radius 2 is 1.94 bits per heavy atom. The van der Waals surface area contributed by atoms with Gasteiger partial charge in [0.2, 0.25) is 5.91 Å². The van der Waals surface area contributed by atoms with Crippen LogP contribution in [0.5, 0.6) is 0 Å². The molecule has 0 saturated heterocycles. The molecule has 1 unspecified atom stereocenters. The second kappa shape index (κ2) is 6.01. The van der Waals surface area contributed by atoms with Gasteiger partial charge in [0.05, 0.1) is 0 Å². The van der Waals surface area contributed by atoms with Crippen LogP contribution < -0.4 is 11.1 Å². The molecule has 3 N–H and O–H groups in total. The van der Waals surface area contributed by atoms with Crippen molar-refractivity contribution in [1.29, 1.82) is 0 Å². The van der Waals surface area contributed by atoms with Gasteiger partial charge in [-0.05, 0) is 30.4 Å². The maximum atomic E-state index is 11.6. The predicted octanol–water partition coefficient (Wildman–Crippen LogP) is 2.31. The van der Waals surface area contributed by atoms with E-state index >= 15 is 0 Å². The summed E-state index contributed by atoms with van der Waals surface area (Å²) in [5.41, 5.74) is 7.77. The Labute approximate surface area is 109 Å². The highest BCUT2D eigenvalue weighted by Crippen LogP contribution is 2.22. The summed E-state index contributed by atoms with van der Waals surface area (Å²) in [5, 5.41) is 3.39. The van der Waals surface area contributed by atoms with E-state index in [2.05, 4.69) is 24.4 Å². The van der Waals surface area contributed by atoms with E-state index in [-0.39, 0.29) is 11.9 Å². The van der Waals surface area contributed by atoms with Crippen molar-refractivity contribution < 1.29 is 4.79 Å². The van der Waals surface area contributed by atoms with Gasteiger partial charge in [0.1, 0.15) is 6.04 Å². The molecule has 0 spiro atoms. The summed E-state index contributed by atoms with van der Waals surface area (Å²) in [6.07, 6.45) is 5.81. The molecular formula is C15H22N2O. The average molecular weight is 246 g/mol. The van der Waals surface area contributed by atoms with Crippen LogP contribution in [0.3, 0.4) is 0 Å². The fraction of sp³-hybridized carbons (Fsp3) is 0.533. The fourth-order valence-electron chi connectivity index (χ4n) is 2.62. The van der Waals surface area contributed by atoms with E-state index in [4.69, 9.17) is 5.73 Å². The zero-order chi connectivity index (χ0) is 13.0. The third kappa shape index (κ3) is 3.10. The maximum Gasteiger partial charge on any atom is 0.239 e. The summed E-state index contributed by atoms with van der Waals surface area (Å²) < 4.78 is 0. The lowest BCUT2D eigenvalue weighted by atomic mass is 10.0. The van der Waals surface area contributed by atoms with Crippen LogP contribution in [0.2, 0.25) is 0 Å². The van der Waals surface area contributed by atoms with E-state index < -0.39 is 0 Å². The Morgan fingerprint density at radius 3 is 2.44 bits per heavy atom. The molecule has 3 nitrogen and oxygen atoms in total. The summed E-state index contributed by atoms with van der Waals surface area (Å²) in [6.45, 7) is 2.12. The molecule has 1 fully saturated rings. The Kier molecular flexibility index (Phi) is 4.37. The second-order valence-corrected chi connectivity index (χ2v) is 5.08. The maximum absolute atomic E-state index is 11.6. The van der Waals surface area contributed by atoms with Crippen LogP contribution in [0, 0.1) is 0 Å². The molecule has 18 heavy (non-hydrogen) atoms. The first-order valence-corrected chi connectivity index (χ1v) is 6.85. The summed E-state index contributed by atoms with van der Waals surface area (Å²) in [4.78, 5) is 11.6. The number of primary amides is 1. The summed E-state index contributed by atoms with van der Waals surface area (Å²) in [5.74, 6) is -0.286. The summed E-state index contributed by atoms with van der Waals surface area (Å²) in [6, 6.07) is 8.25. The Balaban J connectivity index is 2.10. The Bertz CT molecular complexity index is 393. The minimum absolute atomic E-state index is 0.286. The van der Waals surface area contributed by atoms with E-state index in [1.54, 1.807) is 0 Å². The first kappa shape index (κ1) is 13.1. The summed E-state index contributed by atoms with van der Waals surface area (Å²) in [7, 11) is 0. The average Bonchev–Trinajstić information content (AvgIpc) is 2.89. The van der Waals surface area contributed by atoms with Crippen molar-refractivity contribution in [3.8, 4) is 0 Å². The molecule has 0 radical (unpaired) electrons. The van der Waals surface area contributed by atoms with Gasteiger partial charge in [0.15, 0.2) is 0 Å². The van der Waals surface area contributed by atoms with Crippen LogP contribution in [0.1, 0.15) is 49.8 Å². The number of aryl methyl sites for hydroxylation is 1. The van der Waals surface area contributed by atoms with E-state index in [1.165, 1.54) is 18.4 Å². The molecule has 1 aliphatic rings. The number of nitrogens with two attached hydrogens (primary N) is 1. The number of hydrogen-bond donors (Lipinski definition) is 2. The van der Waals surface area contributed by atoms with Gasteiger partial charge in [-0.2, -0.15) is 0 Å². The van der Waals surface area contributed by atoms with Gasteiger partial charge < -0.3 is 5.73 Å². The number of amides is 1. The van der Waals surface area contributed by atoms with Crippen molar-refractivity contribution in [1.82, 2.24) is 5.32 Å². The van der Waals surface area contributed by atoms with E-state index in [1.807, 2.05) is 12.1 Å². The number of rotatable bonds is 5. The molecule has 2 rings (SSSR count). The zero-order valence-electron chi connectivity index (χ0n) is 11.0. The van der Waals surface area contributed by atoms with Crippen molar-refractivity contribution in [3.05, 3.63) is 35.4 Å². The molecule has 0 aromatic heterocycles. The SMILES string of the molecule is CCc1ccc(C(NC2CCCC2)C(N)=O)cc1. The van der Waals surface area contributed by atoms with Crippen molar-refractivity contribution in [2.24, 2.45) is 5.73 Å². The van der Waals surface area contributed by atoms with Crippen LogP contribution in [0.25, 0.3) is 0 Å². The molecule has 1 amide bonds. The highest BCUT2D eigenvalue weighted by Gasteiger charge is 2.23. The standard InChI is InChI=1S/C15H22N2O/c1-2-11-7-9-12(10-8-11)14(15(16)18)17-13-5-3-4-6-13/h7-10,13-14,17H,2-6H2,1H3,(H2,16,18). The van der Waals surface area contributed by atoms with Gasteiger partial charge in [0, 0.05) is 6.04 Å². The molecule has 1 atom stereocenters. The number of benzene rings is 1. The van der Waals surface area contributed by atoms with Gasteiger partial charge in [0.25, 0.3) is 0 Å². The molecule has 0 heterocycles. The van der Waals surface area contributed by atoms with Gasteiger partial charge in [-0.25, -0.2) is 0 Å². The zero-order valence-corrected chi connectivity index (χ0v) is 11.0. The molecule has 98 valence electrons. The van der Waals surface area contributed by atoms with Crippen molar-refractivity contribution >= 4 is 5.91 Å². The smallest absolute Gasteiger partial charge is 0.239 e. The quantitative estimate of drug-likeness (QED) is 0.837. The van der Waals surface area contributed by atoms with Crippen LogP contribution in [0.15, 0.2) is 24.3 Å². The van der Waals surface area contributed by atoms with Crippen LogP contribution in [0.4, 0.5) is 0 Å². The van der Waals surface area contributed by atoms with Crippen molar-refractivity contribution in [2.75, 3.05) is 0 Å². The second-order valence-electron chi connectivity index (χ2n) is 5.08. The van der Waals surface area contributed by atoms with Gasteiger partial charge in [-0.3, -0.25) is 10.1 Å². The van der Waals surface area contributed by atoms with Crippen molar-refractivity contribution in [3.63, 3.8) is 0 Å². The van der Waals surface area contributed by atoms with E-state index in [9.17, 15) is 4.79 Å². The number of carbonyl (C=O) groups is 1. The first-order valence-electron chi connectivity index (χ1n) is 6.85. The van der Waals surface area contributed by atoms with Gasteiger partial charge in [-0.1, -0.05) is 44.0 Å². The number of nitrogens with one attached hydrogen (secondary N) is 1. The Hall–Kier alpha value is -1.35. The normalized spacial score (nSPS) is 17.8. The molecular weight excluding hydrogens is 224 g/mol. The largest absolute Gasteiger partial charge is 0.368 e. The number of carbonyl (C=O) groups excluding carboxylic acids is 1. The minimum atomic E-state index is -0.348. The molecule has 1 aromatic carbocycles. The minimum Gasteiger partial charge on any atom is -0.368 e. The van der Waals surface area contributed by atoms with Crippen LogP contribution in [-0.4, -0.2) is 11.9 Å². The van der Waals surface area contributed by atoms with E-state index in [0.29, 0.717) is 6.04 Å². The fourth-order valence-corrected chi connectivity index (χ4v) is 2.62. The van der Waals surface area contributed by atoms with Gasteiger partial charge >= 0.3 is 0 Å². The Morgan fingerprint density at radius 1 is 1.33 bits per heavy atom. The van der Waals surface area contributed by atoms with Crippen molar-refractivity contribution in [2.45, 2.75) is 51.1 Å². The predicted molar refractivity (Wildman–Crippen MR) is 73.1 cm³/mol. The molecule has 3 heteroatoms. The molecule has 1 aliphatic carbocycles. The third-order valence-electron chi connectivity index (χ3n) is 3.76. The molecule has 1 saturated carbocycles. The topological polar surface area (TPSA) is 55.1 Å². The lowest BCUT2D eigenvalue weighted by Gasteiger charge is -2.20. The molecule has 0 bridgehead atoms. The van der Waals surface area contributed by atoms with Crippen LogP contribution in [-0.2, 0) is 11.2 Å². The summed E-state index contributed by atoms with van der Waals surface area (Å²) >= 11 is 0. The lowest BCUT2D eigenvalue weighted by molar-refractivity contribution is -0.120. The third-order valence-corrected chi connectivity index (χ3v) is 3.76. The first-order chi connectivity index (χ1) is 8.70. The molecule has 1 aromatic rings. The highest BCUT2D eigenvalue weighted by molar-refractivity contribution is 5.81. The van der Waals surface area contributed by atoms with E-state index in [0.717, 1.165) is 24.8 Å².